The molecule has 1 aliphatic heterocycles. The number of nitrogens with one attached hydrogen (secondary N) is 2. The second-order valence-electron chi connectivity index (χ2n) is 7.57. The van der Waals surface area contributed by atoms with Crippen molar-refractivity contribution >= 4 is 29.1 Å². The zero-order valence-corrected chi connectivity index (χ0v) is 16.1. The molecule has 1 aromatic carbocycles. The van der Waals surface area contributed by atoms with Gasteiger partial charge in [0.1, 0.15) is 0 Å². The molecule has 0 bridgehead atoms. The molecule has 0 radical (unpaired) electrons. The molecule has 6 heteroatoms. The molecular weight excluding hydrogens is 350 g/mol. The quantitative estimate of drug-likeness (QED) is 0.828. The summed E-state index contributed by atoms with van der Waals surface area (Å²) >= 11 is 6.06. The van der Waals surface area contributed by atoms with Crippen molar-refractivity contribution < 1.29 is 9.59 Å². The molecule has 5 nitrogen and oxygen atoms in total. The summed E-state index contributed by atoms with van der Waals surface area (Å²) in [5.41, 5.74) is 1.50. The van der Waals surface area contributed by atoms with Crippen LogP contribution < -0.4 is 10.6 Å². The molecule has 1 heterocycles. The smallest absolute Gasteiger partial charge is 0.243 e. The van der Waals surface area contributed by atoms with Gasteiger partial charge in [-0.1, -0.05) is 36.9 Å². The van der Waals surface area contributed by atoms with Gasteiger partial charge in [0.05, 0.1) is 13.1 Å². The van der Waals surface area contributed by atoms with Crippen molar-refractivity contribution in [1.29, 1.82) is 0 Å². The Balaban J connectivity index is 1.41. The summed E-state index contributed by atoms with van der Waals surface area (Å²) in [6.07, 6.45) is 6.54. The maximum Gasteiger partial charge on any atom is 0.243 e. The van der Waals surface area contributed by atoms with Gasteiger partial charge >= 0.3 is 0 Å². The normalized spacial score (nSPS) is 23.2. The molecule has 0 unspecified atom stereocenters. The molecule has 2 aliphatic rings. The number of benzene rings is 1. The van der Waals surface area contributed by atoms with E-state index >= 15 is 0 Å². The molecule has 0 aromatic heterocycles. The van der Waals surface area contributed by atoms with Crippen LogP contribution in [-0.2, 0) is 9.59 Å². The highest BCUT2D eigenvalue weighted by Gasteiger charge is 2.31. The molecule has 2 N–H and O–H groups in total. The van der Waals surface area contributed by atoms with Crippen molar-refractivity contribution in [1.82, 2.24) is 10.2 Å². The lowest BCUT2D eigenvalue weighted by molar-refractivity contribution is -0.125. The molecule has 1 aliphatic carbocycles. The third-order valence-electron chi connectivity index (χ3n) is 5.73. The summed E-state index contributed by atoms with van der Waals surface area (Å²) < 4.78 is 0. The minimum atomic E-state index is -0.241. The Morgan fingerprint density at radius 1 is 1.15 bits per heavy atom. The number of fused-ring (bicyclic) bond motifs is 1. The number of hydrogen-bond acceptors (Lipinski definition) is 3. The topological polar surface area (TPSA) is 61.4 Å². The molecular formula is C20H28ClN3O2. The van der Waals surface area contributed by atoms with E-state index in [-0.39, 0.29) is 18.4 Å². The number of halogens is 1. The molecule has 1 saturated heterocycles. The van der Waals surface area contributed by atoms with E-state index in [0.717, 1.165) is 30.5 Å². The Hall–Kier alpha value is -1.59. The minimum absolute atomic E-state index is 0.0231. The summed E-state index contributed by atoms with van der Waals surface area (Å²) in [4.78, 5) is 26.5. The van der Waals surface area contributed by atoms with E-state index in [2.05, 4.69) is 15.5 Å². The van der Waals surface area contributed by atoms with Crippen molar-refractivity contribution in [2.24, 2.45) is 11.8 Å². The largest absolute Gasteiger partial charge is 0.346 e. The average Bonchev–Trinajstić information content (AvgIpc) is 2.64. The van der Waals surface area contributed by atoms with Gasteiger partial charge in [0.15, 0.2) is 0 Å². The van der Waals surface area contributed by atoms with E-state index in [1.54, 1.807) is 18.2 Å². The fourth-order valence-corrected chi connectivity index (χ4v) is 4.37. The van der Waals surface area contributed by atoms with Crippen LogP contribution in [0, 0.1) is 18.8 Å². The van der Waals surface area contributed by atoms with Gasteiger partial charge in [-0.3, -0.25) is 14.5 Å². The van der Waals surface area contributed by atoms with E-state index in [1.165, 1.54) is 32.1 Å². The van der Waals surface area contributed by atoms with Gasteiger partial charge in [-0.25, -0.2) is 0 Å². The summed E-state index contributed by atoms with van der Waals surface area (Å²) in [7, 11) is 0. The second-order valence-corrected chi connectivity index (χ2v) is 7.97. The Kier molecular flexibility index (Phi) is 6.54. The van der Waals surface area contributed by atoms with Gasteiger partial charge in [0.2, 0.25) is 11.8 Å². The molecule has 2 atom stereocenters. The third-order valence-corrected chi connectivity index (χ3v) is 6.14. The SMILES string of the molecule is Cc1c(Cl)cccc1NC(=O)CNC(=O)CN1CC[C@H]2CCCC[C@@H]2C1. The van der Waals surface area contributed by atoms with Crippen molar-refractivity contribution in [2.45, 2.75) is 39.0 Å². The highest BCUT2D eigenvalue weighted by Crippen LogP contribution is 2.35. The van der Waals surface area contributed by atoms with Crippen molar-refractivity contribution in [3.63, 3.8) is 0 Å². The second kappa shape index (κ2) is 8.87. The highest BCUT2D eigenvalue weighted by molar-refractivity contribution is 6.31. The number of rotatable bonds is 5. The van der Waals surface area contributed by atoms with Crippen LogP contribution in [0.1, 0.15) is 37.7 Å². The number of likely N-dealkylation sites (tertiary alicyclic amines) is 1. The standard InChI is InChI=1S/C20H28ClN3O2/c1-14-17(21)7-4-8-18(14)23-19(25)11-22-20(26)13-24-10-9-15-5-2-3-6-16(15)12-24/h4,7-8,15-16H,2-3,5-6,9-13H2,1H3,(H,22,26)(H,23,25)/t15-,16-/m1/s1. The summed E-state index contributed by atoms with van der Waals surface area (Å²) in [5.74, 6) is 1.28. The molecule has 2 fully saturated rings. The van der Waals surface area contributed by atoms with Gasteiger partial charge in [-0.05, 0) is 55.8 Å². The van der Waals surface area contributed by atoms with E-state index < -0.39 is 0 Å². The Bertz CT molecular complexity index is 664. The van der Waals surface area contributed by atoms with Crippen molar-refractivity contribution in [3.8, 4) is 0 Å². The summed E-state index contributed by atoms with van der Waals surface area (Å²) in [6, 6.07) is 5.37. The van der Waals surface area contributed by atoms with Crippen LogP contribution in [0.15, 0.2) is 18.2 Å². The van der Waals surface area contributed by atoms with E-state index in [9.17, 15) is 9.59 Å². The zero-order chi connectivity index (χ0) is 18.5. The van der Waals surface area contributed by atoms with E-state index in [0.29, 0.717) is 17.3 Å². The predicted molar refractivity (Wildman–Crippen MR) is 104 cm³/mol. The molecule has 142 valence electrons. The molecule has 2 amide bonds. The summed E-state index contributed by atoms with van der Waals surface area (Å²) in [6.45, 7) is 4.22. The molecule has 3 rings (SSSR count). The van der Waals surface area contributed by atoms with Crippen LogP contribution in [0.2, 0.25) is 5.02 Å². The lowest BCUT2D eigenvalue weighted by Crippen LogP contribution is -2.47. The van der Waals surface area contributed by atoms with Crippen LogP contribution in [-0.4, -0.2) is 42.9 Å². The first-order chi connectivity index (χ1) is 12.5. The first-order valence-electron chi connectivity index (χ1n) is 9.57. The number of piperidine rings is 1. The molecule has 26 heavy (non-hydrogen) atoms. The van der Waals surface area contributed by atoms with E-state index in [1.807, 2.05) is 6.92 Å². The van der Waals surface area contributed by atoms with Gasteiger partial charge in [0, 0.05) is 17.3 Å². The monoisotopic (exact) mass is 377 g/mol. The van der Waals surface area contributed by atoms with Crippen LogP contribution in [0.3, 0.4) is 0 Å². The maximum absolute atomic E-state index is 12.2. The number of amides is 2. The Labute approximate surface area is 160 Å². The Morgan fingerprint density at radius 3 is 2.73 bits per heavy atom. The van der Waals surface area contributed by atoms with Crippen LogP contribution >= 0.6 is 11.6 Å². The van der Waals surface area contributed by atoms with Gasteiger partial charge < -0.3 is 10.6 Å². The van der Waals surface area contributed by atoms with Crippen LogP contribution in [0.5, 0.6) is 0 Å². The van der Waals surface area contributed by atoms with E-state index in [4.69, 9.17) is 11.6 Å². The number of carbonyl (C=O) groups is 2. The first-order valence-corrected chi connectivity index (χ1v) is 9.94. The zero-order valence-electron chi connectivity index (χ0n) is 15.4. The van der Waals surface area contributed by atoms with Gasteiger partial charge in [-0.15, -0.1) is 0 Å². The highest BCUT2D eigenvalue weighted by atomic mass is 35.5. The number of anilines is 1. The first kappa shape index (κ1) is 19.2. The van der Waals surface area contributed by atoms with Gasteiger partial charge in [-0.2, -0.15) is 0 Å². The number of carbonyl (C=O) groups excluding carboxylic acids is 2. The summed E-state index contributed by atoms with van der Waals surface area (Å²) in [5, 5.41) is 6.14. The Morgan fingerprint density at radius 2 is 1.92 bits per heavy atom. The average molecular weight is 378 g/mol. The van der Waals surface area contributed by atoms with Crippen molar-refractivity contribution in [3.05, 3.63) is 28.8 Å². The number of nitrogens with zero attached hydrogens (tertiary/aromatic N) is 1. The molecule has 1 aromatic rings. The fraction of sp³-hybridized carbons (Fsp3) is 0.600. The third kappa shape index (κ3) is 4.98. The number of hydrogen-bond donors (Lipinski definition) is 2. The van der Waals surface area contributed by atoms with Crippen molar-refractivity contribution in [2.75, 3.05) is 31.5 Å². The van der Waals surface area contributed by atoms with Crippen LogP contribution in [0.4, 0.5) is 5.69 Å². The maximum atomic E-state index is 12.2. The lowest BCUT2D eigenvalue weighted by Gasteiger charge is -2.41. The molecule has 1 saturated carbocycles. The molecule has 0 spiro atoms. The lowest BCUT2D eigenvalue weighted by atomic mass is 9.75. The van der Waals surface area contributed by atoms with Crippen LogP contribution in [0.25, 0.3) is 0 Å². The van der Waals surface area contributed by atoms with Gasteiger partial charge in [0.25, 0.3) is 0 Å². The fourth-order valence-electron chi connectivity index (χ4n) is 4.19. The predicted octanol–water partition coefficient (Wildman–Crippen LogP) is 3.22. The minimum Gasteiger partial charge on any atom is -0.346 e.